The van der Waals surface area contributed by atoms with Crippen LogP contribution in [0, 0.1) is 5.92 Å². The van der Waals surface area contributed by atoms with Gasteiger partial charge in [-0.15, -0.1) is 0 Å². The summed E-state index contributed by atoms with van der Waals surface area (Å²) >= 11 is 0. The van der Waals surface area contributed by atoms with Crippen LogP contribution in [0.1, 0.15) is 44.9 Å². The summed E-state index contributed by atoms with van der Waals surface area (Å²) in [5.74, 6) is 0.475. The molecule has 0 atom stereocenters. The van der Waals surface area contributed by atoms with Crippen molar-refractivity contribution in [3.63, 3.8) is 0 Å². The molecule has 1 aliphatic rings. The normalized spacial score (nSPS) is 16.6. The molecule has 2 aromatic rings. The van der Waals surface area contributed by atoms with Crippen molar-refractivity contribution in [1.82, 2.24) is 24.2 Å². The van der Waals surface area contributed by atoms with Gasteiger partial charge in [-0.25, -0.2) is 9.67 Å². The molecule has 1 saturated heterocycles. The van der Waals surface area contributed by atoms with Crippen LogP contribution in [0.3, 0.4) is 0 Å². The van der Waals surface area contributed by atoms with Gasteiger partial charge in [0.15, 0.2) is 0 Å². The van der Waals surface area contributed by atoms with Gasteiger partial charge in [-0.05, 0) is 37.4 Å². The van der Waals surface area contributed by atoms with Gasteiger partial charge in [-0.3, -0.25) is 19.1 Å². The first kappa shape index (κ1) is 19.5. The summed E-state index contributed by atoms with van der Waals surface area (Å²) in [6.07, 6.45) is 5.52. The standard InChI is InChI=1S/C20H29N5O2/c1-20(2,3)17-10-19(27)25(14-21-17)13-15-5-7-24(8-6-15)12-16-9-18(26)23(4)22-11-16/h9-11,14-15H,5-8,12-13H2,1-4H3. The first-order valence-electron chi connectivity index (χ1n) is 9.54. The highest BCUT2D eigenvalue weighted by Crippen LogP contribution is 2.21. The number of piperidine rings is 1. The highest BCUT2D eigenvalue weighted by atomic mass is 16.1. The molecule has 7 nitrogen and oxygen atoms in total. The van der Waals surface area contributed by atoms with Gasteiger partial charge in [-0.1, -0.05) is 20.8 Å². The Hall–Kier alpha value is -2.28. The Bertz CT molecular complexity index is 902. The van der Waals surface area contributed by atoms with Crippen LogP contribution in [0.15, 0.2) is 34.2 Å². The molecular weight excluding hydrogens is 342 g/mol. The molecule has 1 fully saturated rings. The van der Waals surface area contributed by atoms with Crippen LogP contribution >= 0.6 is 0 Å². The first-order valence-corrected chi connectivity index (χ1v) is 9.54. The fourth-order valence-electron chi connectivity index (χ4n) is 3.43. The summed E-state index contributed by atoms with van der Waals surface area (Å²) in [4.78, 5) is 30.9. The van der Waals surface area contributed by atoms with E-state index in [0.29, 0.717) is 5.92 Å². The third-order valence-electron chi connectivity index (χ3n) is 5.24. The zero-order chi connectivity index (χ0) is 19.6. The zero-order valence-electron chi connectivity index (χ0n) is 16.7. The van der Waals surface area contributed by atoms with Crippen molar-refractivity contribution < 1.29 is 0 Å². The number of hydrogen-bond donors (Lipinski definition) is 0. The zero-order valence-corrected chi connectivity index (χ0v) is 16.7. The van der Waals surface area contributed by atoms with Crippen molar-refractivity contribution in [1.29, 1.82) is 0 Å². The number of rotatable bonds is 4. The lowest BCUT2D eigenvalue weighted by atomic mass is 9.92. The average molecular weight is 371 g/mol. The molecule has 0 amide bonds. The van der Waals surface area contributed by atoms with Crippen molar-refractivity contribution in [2.75, 3.05) is 13.1 Å². The molecule has 3 heterocycles. The Morgan fingerprint density at radius 2 is 1.81 bits per heavy atom. The molecule has 1 aliphatic heterocycles. The Morgan fingerprint density at radius 3 is 2.41 bits per heavy atom. The minimum atomic E-state index is -0.114. The molecule has 146 valence electrons. The maximum absolute atomic E-state index is 12.4. The lowest BCUT2D eigenvalue weighted by molar-refractivity contribution is 0.166. The summed E-state index contributed by atoms with van der Waals surface area (Å²) in [5.41, 5.74) is 1.63. The quantitative estimate of drug-likeness (QED) is 0.815. The second kappa shape index (κ2) is 7.76. The van der Waals surface area contributed by atoms with Gasteiger partial charge in [0.05, 0.1) is 18.2 Å². The monoisotopic (exact) mass is 371 g/mol. The van der Waals surface area contributed by atoms with Gasteiger partial charge in [0.1, 0.15) is 0 Å². The van der Waals surface area contributed by atoms with E-state index in [1.54, 1.807) is 36.3 Å². The molecule has 0 bridgehead atoms. The van der Waals surface area contributed by atoms with Crippen LogP contribution in [0.4, 0.5) is 0 Å². The maximum Gasteiger partial charge on any atom is 0.266 e. The number of likely N-dealkylation sites (tertiary alicyclic amines) is 1. The largest absolute Gasteiger partial charge is 0.299 e. The number of aryl methyl sites for hydroxylation is 1. The molecule has 0 spiro atoms. The van der Waals surface area contributed by atoms with Gasteiger partial charge >= 0.3 is 0 Å². The Labute approximate surface area is 159 Å². The number of hydrogen-bond acceptors (Lipinski definition) is 5. The van der Waals surface area contributed by atoms with E-state index in [2.05, 4.69) is 35.8 Å². The number of aromatic nitrogens is 4. The van der Waals surface area contributed by atoms with Crippen LogP contribution in [0.5, 0.6) is 0 Å². The maximum atomic E-state index is 12.4. The van der Waals surface area contributed by atoms with Gasteiger partial charge in [0.25, 0.3) is 11.1 Å². The fourth-order valence-corrected chi connectivity index (χ4v) is 3.43. The molecule has 0 radical (unpaired) electrons. The third-order valence-corrected chi connectivity index (χ3v) is 5.24. The minimum absolute atomic E-state index is 0.0311. The van der Waals surface area contributed by atoms with Crippen LogP contribution in [0.2, 0.25) is 0 Å². The summed E-state index contributed by atoms with van der Waals surface area (Å²) in [6.45, 7) is 9.58. The first-order chi connectivity index (χ1) is 12.7. The van der Waals surface area contributed by atoms with Crippen LogP contribution in [-0.4, -0.2) is 37.3 Å². The summed E-state index contributed by atoms with van der Waals surface area (Å²) in [6, 6.07) is 3.32. The van der Waals surface area contributed by atoms with E-state index in [0.717, 1.165) is 50.3 Å². The third kappa shape index (κ3) is 4.91. The van der Waals surface area contributed by atoms with Gasteiger partial charge in [0.2, 0.25) is 0 Å². The minimum Gasteiger partial charge on any atom is -0.299 e. The fraction of sp³-hybridized carbons (Fsp3) is 0.600. The molecular formula is C20H29N5O2. The van der Waals surface area contributed by atoms with Gasteiger partial charge < -0.3 is 0 Å². The predicted octanol–water partition coefficient (Wildman–Crippen LogP) is 1.55. The second-order valence-electron chi connectivity index (χ2n) is 8.56. The molecule has 0 N–H and O–H groups in total. The van der Waals surface area contributed by atoms with E-state index in [4.69, 9.17) is 0 Å². The molecule has 3 rings (SSSR count). The van der Waals surface area contributed by atoms with Crippen LogP contribution in [-0.2, 0) is 25.6 Å². The highest BCUT2D eigenvalue weighted by Gasteiger charge is 2.21. The van der Waals surface area contributed by atoms with Crippen LogP contribution in [0.25, 0.3) is 0 Å². The van der Waals surface area contributed by atoms with Gasteiger partial charge in [0, 0.05) is 37.7 Å². The Balaban J connectivity index is 1.56. The van der Waals surface area contributed by atoms with Crippen LogP contribution < -0.4 is 11.1 Å². The molecule has 27 heavy (non-hydrogen) atoms. The van der Waals surface area contributed by atoms with E-state index in [1.807, 2.05) is 0 Å². The number of nitrogens with zero attached hydrogens (tertiary/aromatic N) is 5. The summed E-state index contributed by atoms with van der Waals surface area (Å²) < 4.78 is 3.08. The molecule has 2 aromatic heterocycles. The van der Waals surface area contributed by atoms with E-state index in [9.17, 15) is 9.59 Å². The predicted molar refractivity (Wildman–Crippen MR) is 105 cm³/mol. The summed E-state index contributed by atoms with van der Waals surface area (Å²) in [7, 11) is 1.66. The second-order valence-corrected chi connectivity index (χ2v) is 8.56. The van der Waals surface area contributed by atoms with Crippen molar-refractivity contribution >= 4 is 0 Å². The Morgan fingerprint density at radius 1 is 1.11 bits per heavy atom. The Kier molecular flexibility index (Phi) is 5.60. The van der Waals surface area contributed by atoms with Gasteiger partial charge in [-0.2, -0.15) is 5.10 Å². The van der Waals surface area contributed by atoms with E-state index < -0.39 is 0 Å². The summed E-state index contributed by atoms with van der Waals surface area (Å²) in [5, 5.41) is 4.08. The molecule has 0 aliphatic carbocycles. The SMILES string of the molecule is Cn1ncc(CN2CCC(Cn3cnc(C(C)(C)C)cc3=O)CC2)cc1=O. The molecule has 0 aromatic carbocycles. The molecule has 0 saturated carbocycles. The highest BCUT2D eigenvalue weighted by molar-refractivity contribution is 5.10. The average Bonchev–Trinajstić information content (AvgIpc) is 2.61. The van der Waals surface area contributed by atoms with Crippen molar-refractivity contribution in [3.05, 3.63) is 56.6 Å². The van der Waals surface area contributed by atoms with E-state index in [1.165, 1.54) is 4.68 Å². The topological polar surface area (TPSA) is 73.0 Å². The van der Waals surface area contributed by atoms with Crippen molar-refractivity contribution in [3.8, 4) is 0 Å². The smallest absolute Gasteiger partial charge is 0.266 e. The molecule has 7 heteroatoms. The van der Waals surface area contributed by atoms with Crippen molar-refractivity contribution in [2.24, 2.45) is 13.0 Å². The lowest BCUT2D eigenvalue weighted by Gasteiger charge is -2.32. The van der Waals surface area contributed by atoms with E-state index in [-0.39, 0.29) is 16.5 Å². The van der Waals surface area contributed by atoms with E-state index >= 15 is 0 Å². The lowest BCUT2D eigenvalue weighted by Crippen LogP contribution is -2.36. The molecule has 0 unspecified atom stereocenters. The van der Waals surface area contributed by atoms with Crippen molar-refractivity contribution in [2.45, 2.75) is 52.1 Å².